The zero-order valence-electron chi connectivity index (χ0n) is 19.9. The van der Waals surface area contributed by atoms with Gasteiger partial charge in [-0.2, -0.15) is 13.2 Å². The second kappa shape index (κ2) is 9.21. The molecular weight excluding hydrogens is 493 g/mol. The number of pyridine rings is 1. The molecule has 1 aliphatic carbocycles. The number of nitrogens with zero attached hydrogens (tertiary/aromatic N) is 6. The van der Waals surface area contributed by atoms with Crippen LogP contribution in [0.3, 0.4) is 0 Å². The number of alkyl halides is 3. The fraction of sp³-hybridized carbons (Fsp3) is 0.520. The highest BCUT2D eigenvalue weighted by atomic mass is 35.5. The van der Waals surface area contributed by atoms with Crippen molar-refractivity contribution >= 4 is 34.9 Å². The van der Waals surface area contributed by atoms with Crippen molar-refractivity contribution in [3.8, 4) is 0 Å². The van der Waals surface area contributed by atoms with Crippen LogP contribution in [-0.2, 0) is 24.1 Å². The van der Waals surface area contributed by atoms with Gasteiger partial charge >= 0.3 is 6.18 Å². The van der Waals surface area contributed by atoms with Gasteiger partial charge < -0.3 is 14.4 Å². The first-order valence-electron chi connectivity index (χ1n) is 12.2. The molecule has 0 unspecified atom stereocenters. The molecule has 0 N–H and O–H groups in total. The standard InChI is InChI=1S/C25H27F3N6O.ClH/c1-15-13-32(21-6-8-29-20-12-17(16-2-3-16)4-5-19(20)21)9-7-18(15)23(35)33-10-11-34-22(14-33)30-31-24(34)25(26,27)28;/h4-6,8,12,15-16,18H,2-3,7,9-11,13-14H2,1H3;1H/t15-,18+;/m1./s1. The Kier molecular flexibility index (Phi) is 6.34. The Balaban J connectivity index is 0.00000267. The minimum Gasteiger partial charge on any atom is -0.371 e. The van der Waals surface area contributed by atoms with Crippen LogP contribution in [0.15, 0.2) is 30.5 Å². The van der Waals surface area contributed by atoms with Crippen molar-refractivity contribution in [1.29, 1.82) is 0 Å². The molecule has 192 valence electrons. The smallest absolute Gasteiger partial charge is 0.371 e. The summed E-state index contributed by atoms with van der Waals surface area (Å²) in [6.07, 6.45) is 0.512. The summed E-state index contributed by atoms with van der Waals surface area (Å²) in [5.41, 5.74) is 3.51. The molecule has 0 bridgehead atoms. The molecule has 1 amide bonds. The molecule has 2 aromatic heterocycles. The van der Waals surface area contributed by atoms with E-state index >= 15 is 0 Å². The molecular formula is C25H28ClF3N6O. The van der Waals surface area contributed by atoms with Gasteiger partial charge in [0.1, 0.15) is 0 Å². The van der Waals surface area contributed by atoms with Crippen molar-refractivity contribution in [2.45, 2.75) is 51.4 Å². The predicted octanol–water partition coefficient (Wildman–Crippen LogP) is 4.65. The Bertz CT molecular complexity index is 1290. The molecule has 3 aromatic rings. The van der Waals surface area contributed by atoms with Gasteiger partial charge in [-0.15, -0.1) is 22.6 Å². The van der Waals surface area contributed by atoms with Gasteiger partial charge in [0, 0.05) is 49.4 Å². The predicted molar refractivity (Wildman–Crippen MR) is 131 cm³/mol. The molecule has 6 rings (SSSR count). The summed E-state index contributed by atoms with van der Waals surface area (Å²) in [7, 11) is 0. The number of aromatic nitrogens is 4. The molecule has 4 heterocycles. The van der Waals surface area contributed by atoms with E-state index < -0.39 is 12.0 Å². The molecule has 3 aliphatic rings. The highest BCUT2D eigenvalue weighted by Crippen LogP contribution is 2.42. The number of hydrogen-bond acceptors (Lipinski definition) is 5. The maximum absolute atomic E-state index is 13.4. The fourth-order valence-corrected chi connectivity index (χ4v) is 5.62. The topological polar surface area (TPSA) is 67.2 Å². The second-order valence-electron chi connectivity index (χ2n) is 10.0. The summed E-state index contributed by atoms with van der Waals surface area (Å²) in [4.78, 5) is 21.9. The molecule has 2 atom stereocenters. The highest BCUT2D eigenvalue weighted by Gasteiger charge is 2.41. The van der Waals surface area contributed by atoms with Crippen molar-refractivity contribution in [3.05, 3.63) is 47.7 Å². The Morgan fingerprint density at radius 2 is 1.86 bits per heavy atom. The molecule has 7 nitrogen and oxygen atoms in total. The third kappa shape index (κ3) is 4.40. The minimum absolute atomic E-state index is 0. The number of carbonyl (C=O) groups is 1. The van der Waals surface area contributed by atoms with Gasteiger partial charge in [-0.3, -0.25) is 9.78 Å². The van der Waals surface area contributed by atoms with Crippen molar-refractivity contribution in [1.82, 2.24) is 24.6 Å². The number of rotatable bonds is 3. The minimum atomic E-state index is -4.55. The Morgan fingerprint density at radius 1 is 1.06 bits per heavy atom. The van der Waals surface area contributed by atoms with Crippen molar-refractivity contribution in [3.63, 3.8) is 0 Å². The van der Waals surface area contributed by atoms with E-state index in [9.17, 15) is 18.0 Å². The van der Waals surface area contributed by atoms with Gasteiger partial charge in [0.2, 0.25) is 11.7 Å². The van der Waals surface area contributed by atoms with Crippen LogP contribution < -0.4 is 4.90 Å². The first-order valence-corrected chi connectivity index (χ1v) is 12.2. The van der Waals surface area contributed by atoms with E-state index in [0.717, 1.165) is 34.2 Å². The number of benzene rings is 1. The summed E-state index contributed by atoms with van der Waals surface area (Å²) >= 11 is 0. The van der Waals surface area contributed by atoms with Crippen LogP contribution in [0.5, 0.6) is 0 Å². The number of fused-ring (bicyclic) bond motifs is 2. The van der Waals surface area contributed by atoms with Gasteiger partial charge in [-0.25, -0.2) is 0 Å². The molecule has 2 fully saturated rings. The summed E-state index contributed by atoms with van der Waals surface area (Å²) in [5.74, 6) is -0.192. The maximum atomic E-state index is 13.4. The number of amides is 1. The number of carbonyl (C=O) groups excluding carboxylic acids is 1. The second-order valence-corrected chi connectivity index (χ2v) is 10.0. The van der Waals surface area contributed by atoms with Crippen molar-refractivity contribution < 1.29 is 18.0 Å². The highest BCUT2D eigenvalue weighted by molar-refractivity contribution is 5.92. The van der Waals surface area contributed by atoms with E-state index in [-0.39, 0.29) is 55.6 Å². The average molecular weight is 521 g/mol. The third-order valence-corrected chi connectivity index (χ3v) is 7.67. The molecule has 0 radical (unpaired) electrons. The number of anilines is 1. The lowest BCUT2D eigenvalue weighted by molar-refractivity contribution is -0.148. The Morgan fingerprint density at radius 3 is 2.58 bits per heavy atom. The van der Waals surface area contributed by atoms with Gasteiger partial charge in [0.05, 0.1) is 12.1 Å². The first-order chi connectivity index (χ1) is 16.8. The number of hydrogen-bond donors (Lipinski definition) is 0. The normalized spacial score (nSPS) is 22.3. The molecule has 1 aromatic carbocycles. The quantitative estimate of drug-likeness (QED) is 0.503. The average Bonchev–Trinajstić information content (AvgIpc) is 3.60. The maximum Gasteiger partial charge on any atom is 0.451 e. The Hall–Kier alpha value is -2.88. The molecule has 2 aliphatic heterocycles. The lowest BCUT2D eigenvalue weighted by atomic mass is 9.85. The van der Waals surface area contributed by atoms with Crippen LogP contribution in [-0.4, -0.2) is 50.2 Å². The van der Waals surface area contributed by atoms with Crippen LogP contribution in [0.2, 0.25) is 0 Å². The van der Waals surface area contributed by atoms with Crippen LogP contribution in [0.25, 0.3) is 10.9 Å². The lowest BCUT2D eigenvalue weighted by Gasteiger charge is -2.40. The molecule has 36 heavy (non-hydrogen) atoms. The van der Waals surface area contributed by atoms with E-state index in [1.165, 1.54) is 18.4 Å². The molecule has 0 spiro atoms. The summed E-state index contributed by atoms with van der Waals surface area (Å²) < 4.78 is 40.5. The lowest BCUT2D eigenvalue weighted by Crippen LogP contribution is -2.49. The fourth-order valence-electron chi connectivity index (χ4n) is 5.62. The van der Waals surface area contributed by atoms with E-state index in [4.69, 9.17) is 0 Å². The van der Waals surface area contributed by atoms with E-state index in [2.05, 4.69) is 45.2 Å². The summed E-state index contributed by atoms with van der Waals surface area (Å²) in [6, 6.07) is 8.63. The van der Waals surface area contributed by atoms with E-state index in [0.29, 0.717) is 12.3 Å². The number of piperidine rings is 1. The van der Waals surface area contributed by atoms with Crippen LogP contribution in [0, 0.1) is 11.8 Å². The van der Waals surface area contributed by atoms with Crippen LogP contribution in [0.4, 0.5) is 18.9 Å². The van der Waals surface area contributed by atoms with Crippen LogP contribution in [0.1, 0.15) is 49.3 Å². The van der Waals surface area contributed by atoms with Crippen LogP contribution >= 0.6 is 12.4 Å². The molecule has 1 saturated carbocycles. The van der Waals surface area contributed by atoms with Crippen molar-refractivity contribution in [2.24, 2.45) is 11.8 Å². The molecule has 1 saturated heterocycles. The SMILES string of the molecule is C[C@@H]1CN(c2ccnc3cc(C4CC4)ccc23)CC[C@@H]1C(=O)N1CCn2c(nnc2C(F)(F)F)C1.Cl. The largest absolute Gasteiger partial charge is 0.451 e. The van der Waals surface area contributed by atoms with Gasteiger partial charge in [0.25, 0.3) is 0 Å². The zero-order chi connectivity index (χ0) is 24.3. The van der Waals surface area contributed by atoms with E-state index in [1.54, 1.807) is 4.90 Å². The van der Waals surface area contributed by atoms with Gasteiger partial charge in [-0.1, -0.05) is 19.1 Å². The summed E-state index contributed by atoms with van der Waals surface area (Å²) in [6.45, 7) is 3.92. The molecule has 11 heteroatoms. The van der Waals surface area contributed by atoms with Gasteiger partial charge in [-0.05, 0) is 48.8 Å². The first kappa shape index (κ1) is 24.8. The third-order valence-electron chi connectivity index (χ3n) is 7.67. The van der Waals surface area contributed by atoms with E-state index in [1.807, 2.05) is 12.3 Å². The Labute approximate surface area is 213 Å². The monoisotopic (exact) mass is 520 g/mol. The summed E-state index contributed by atoms with van der Waals surface area (Å²) in [5, 5.41) is 8.15. The van der Waals surface area contributed by atoms with Gasteiger partial charge in [0.15, 0.2) is 5.82 Å². The zero-order valence-corrected chi connectivity index (χ0v) is 20.7. The van der Waals surface area contributed by atoms with Crippen molar-refractivity contribution in [2.75, 3.05) is 24.5 Å². The number of halogens is 4.